The molecule has 5 nitrogen and oxygen atoms in total. The Kier molecular flexibility index (Phi) is 5.59. The van der Waals surface area contributed by atoms with Crippen LogP contribution in [0.4, 0.5) is 0 Å². The first-order chi connectivity index (χ1) is 8.53. The first kappa shape index (κ1) is 15.0. The Morgan fingerprint density at radius 1 is 1.28 bits per heavy atom. The first-order valence-electron chi connectivity index (χ1n) is 6.74. The zero-order valence-electron chi connectivity index (χ0n) is 11.3. The van der Waals surface area contributed by atoms with E-state index in [2.05, 4.69) is 10.6 Å². The van der Waals surface area contributed by atoms with E-state index < -0.39 is 12.0 Å². The molecule has 1 saturated carbocycles. The van der Waals surface area contributed by atoms with Crippen molar-refractivity contribution in [3.05, 3.63) is 0 Å². The minimum Gasteiger partial charge on any atom is -0.480 e. The highest BCUT2D eigenvalue weighted by Crippen LogP contribution is 2.30. The van der Waals surface area contributed by atoms with Crippen molar-refractivity contribution in [1.82, 2.24) is 10.6 Å². The highest BCUT2D eigenvalue weighted by Gasteiger charge is 2.33. The fourth-order valence-electron chi connectivity index (χ4n) is 2.63. The standard InChI is InChI=1S/C13H24N2O3/c1-3-10(12(17)18)15-11(16)9-13(14-2)7-5-4-6-8-13/h10,14H,3-9H2,1-2H3,(H,15,16)(H,17,18)/t10-/m1/s1. The van der Waals surface area contributed by atoms with Gasteiger partial charge in [0, 0.05) is 12.0 Å². The summed E-state index contributed by atoms with van der Waals surface area (Å²) in [7, 11) is 1.88. The number of rotatable bonds is 6. The van der Waals surface area contributed by atoms with Crippen LogP contribution in [0, 0.1) is 0 Å². The van der Waals surface area contributed by atoms with E-state index in [4.69, 9.17) is 5.11 Å². The second-order valence-electron chi connectivity index (χ2n) is 5.13. The van der Waals surface area contributed by atoms with Crippen LogP contribution in [0.1, 0.15) is 51.9 Å². The van der Waals surface area contributed by atoms with Crippen molar-refractivity contribution in [3.63, 3.8) is 0 Å². The van der Waals surface area contributed by atoms with E-state index in [9.17, 15) is 9.59 Å². The van der Waals surface area contributed by atoms with Gasteiger partial charge in [0.2, 0.25) is 5.91 Å². The maximum atomic E-state index is 11.9. The molecule has 0 aliphatic heterocycles. The van der Waals surface area contributed by atoms with Crippen LogP contribution in [0.5, 0.6) is 0 Å². The molecular formula is C13H24N2O3. The second kappa shape index (κ2) is 6.73. The summed E-state index contributed by atoms with van der Waals surface area (Å²) in [6.45, 7) is 1.76. The number of carbonyl (C=O) groups excluding carboxylic acids is 1. The van der Waals surface area contributed by atoms with Crippen LogP contribution in [0.3, 0.4) is 0 Å². The molecule has 0 aromatic rings. The first-order valence-corrected chi connectivity index (χ1v) is 6.74. The van der Waals surface area contributed by atoms with Crippen LogP contribution in [0.25, 0.3) is 0 Å². The van der Waals surface area contributed by atoms with Gasteiger partial charge in [0.15, 0.2) is 0 Å². The molecule has 1 aliphatic rings. The predicted molar refractivity (Wildman–Crippen MR) is 69.4 cm³/mol. The van der Waals surface area contributed by atoms with Gasteiger partial charge in [-0.3, -0.25) is 4.79 Å². The lowest BCUT2D eigenvalue weighted by molar-refractivity contribution is -0.142. The molecule has 18 heavy (non-hydrogen) atoms. The summed E-state index contributed by atoms with van der Waals surface area (Å²) in [5.74, 6) is -1.13. The number of aliphatic carboxylic acids is 1. The Hall–Kier alpha value is -1.10. The maximum absolute atomic E-state index is 11.9. The van der Waals surface area contributed by atoms with Crippen molar-refractivity contribution in [3.8, 4) is 0 Å². The summed E-state index contributed by atoms with van der Waals surface area (Å²) >= 11 is 0. The van der Waals surface area contributed by atoms with Gasteiger partial charge in [-0.15, -0.1) is 0 Å². The van der Waals surface area contributed by atoms with Crippen LogP contribution in [-0.4, -0.2) is 35.6 Å². The Labute approximate surface area is 108 Å². The van der Waals surface area contributed by atoms with Gasteiger partial charge in [-0.05, 0) is 26.3 Å². The van der Waals surface area contributed by atoms with Gasteiger partial charge in [0.25, 0.3) is 0 Å². The van der Waals surface area contributed by atoms with Crippen LogP contribution < -0.4 is 10.6 Å². The largest absolute Gasteiger partial charge is 0.480 e. The van der Waals surface area contributed by atoms with Crippen molar-refractivity contribution in [2.75, 3.05) is 7.05 Å². The molecule has 3 N–H and O–H groups in total. The number of carboxylic acids is 1. The van der Waals surface area contributed by atoms with Gasteiger partial charge in [-0.25, -0.2) is 4.79 Å². The molecule has 0 radical (unpaired) electrons. The fraction of sp³-hybridized carbons (Fsp3) is 0.846. The van der Waals surface area contributed by atoms with Gasteiger partial charge in [-0.2, -0.15) is 0 Å². The van der Waals surface area contributed by atoms with Crippen molar-refractivity contribution in [2.45, 2.75) is 63.5 Å². The number of amides is 1. The molecule has 1 rings (SSSR count). The van der Waals surface area contributed by atoms with Crippen LogP contribution >= 0.6 is 0 Å². The van der Waals surface area contributed by atoms with Crippen LogP contribution in [0.15, 0.2) is 0 Å². The minimum absolute atomic E-state index is 0.140. The smallest absolute Gasteiger partial charge is 0.326 e. The summed E-state index contributed by atoms with van der Waals surface area (Å²) in [6.07, 6.45) is 6.23. The number of nitrogens with one attached hydrogen (secondary N) is 2. The van der Waals surface area contributed by atoms with Gasteiger partial charge in [-0.1, -0.05) is 26.2 Å². The fourth-order valence-corrected chi connectivity index (χ4v) is 2.63. The molecule has 0 bridgehead atoms. The number of carbonyl (C=O) groups is 2. The number of carboxylic acid groups (broad SMARTS) is 1. The number of hydrogen-bond donors (Lipinski definition) is 3. The quantitative estimate of drug-likeness (QED) is 0.669. The highest BCUT2D eigenvalue weighted by atomic mass is 16.4. The zero-order valence-corrected chi connectivity index (χ0v) is 11.3. The molecule has 0 aromatic heterocycles. The minimum atomic E-state index is -0.965. The van der Waals surface area contributed by atoms with E-state index in [0.29, 0.717) is 12.8 Å². The summed E-state index contributed by atoms with van der Waals surface area (Å²) < 4.78 is 0. The number of hydrogen-bond acceptors (Lipinski definition) is 3. The summed E-state index contributed by atoms with van der Waals surface area (Å²) in [6, 6.07) is -0.769. The van der Waals surface area contributed by atoms with E-state index in [0.717, 1.165) is 25.7 Å². The molecular weight excluding hydrogens is 232 g/mol. The molecule has 0 saturated heterocycles. The molecule has 104 valence electrons. The molecule has 1 amide bonds. The van der Waals surface area contributed by atoms with Gasteiger partial charge in [0.1, 0.15) is 6.04 Å². The van der Waals surface area contributed by atoms with Crippen molar-refractivity contribution < 1.29 is 14.7 Å². The summed E-state index contributed by atoms with van der Waals surface area (Å²) in [4.78, 5) is 22.8. The maximum Gasteiger partial charge on any atom is 0.326 e. The molecule has 0 unspecified atom stereocenters. The normalized spacial score (nSPS) is 20.1. The Morgan fingerprint density at radius 3 is 2.33 bits per heavy atom. The SMILES string of the molecule is CC[C@@H](NC(=O)CC1(NC)CCCCC1)C(=O)O. The van der Waals surface area contributed by atoms with Gasteiger partial charge >= 0.3 is 5.97 Å². The molecule has 5 heteroatoms. The average Bonchev–Trinajstić information content (AvgIpc) is 2.36. The van der Waals surface area contributed by atoms with E-state index in [1.165, 1.54) is 6.42 Å². The predicted octanol–water partition coefficient (Wildman–Crippen LogP) is 1.28. The third kappa shape index (κ3) is 3.98. The highest BCUT2D eigenvalue weighted by molar-refractivity contribution is 5.84. The summed E-state index contributed by atoms with van der Waals surface area (Å²) in [5.41, 5.74) is -0.140. The summed E-state index contributed by atoms with van der Waals surface area (Å²) in [5, 5.41) is 14.8. The van der Waals surface area contributed by atoms with Gasteiger partial charge < -0.3 is 15.7 Å². The molecule has 1 atom stereocenters. The van der Waals surface area contributed by atoms with Gasteiger partial charge in [0.05, 0.1) is 0 Å². The van der Waals surface area contributed by atoms with E-state index in [1.54, 1.807) is 6.92 Å². The third-order valence-corrected chi connectivity index (χ3v) is 3.88. The zero-order chi connectivity index (χ0) is 13.6. The molecule has 0 aromatic carbocycles. The Morgan fingerprint density at radius 2 is 1.89 bits per heavy atom. The average molecular weight is 256 g/mol. The van der Waals surface area contributed by atoms with E-state index in [-0.39, 0.29) is 11.4 Å². The van der Waals surface area contributed by atoms with Crippen molar-refractivity contribution >= 4 is 11.9 Å². The van der Waals surface area contributed by atoms with E-state index >= 15 is 0 Å². The second-order valence-corrected chi connectivity index (χ2v) is 5.13. The molecule has 1 fully saturated rings. The Bertz CT molecular complexity index is 299. The van der Waals surface area contributed by atoms with Crippen molar-refractivity contribution in [1.29, 1.82) is 0 Å². The molecule has 0 heterocycles. The lowest BCUT2D eigenvalue weighted by Gasteiger charge is -2.36. The third-order valence-electron chi connectivity index (χ3n) is 3.88. The topological polar surface area (TPSA) is 78.4 Å². The lowest BCUT2D eigenvalue weighted by Crippen LogP contribution is -2.50. The Balaban J connectivity index is 2.54. The van der Waals surface area contributed by atoms with Crippen molar-refractivity contribution in [2.24, 2.45) is 0 Å². The van der Waals surface area contributed by atoms with Crippen LogP contribution in [-0.2, 0) is 9.59 Å². The lowest BCUT2D eigenvalue weighted by atomic mass is 9.79. The van der Waals surface area contributed by atoms with Crippen LogP contribution in [0.2, 0.25) is 0 Å². The molecule has 0 spiro atoms. The van der Waals surface area contributed by atoms with E-state index in [1.807, 2.05) is 7.05 Å². The monoisotopic (exact) mass is 256 g/mol. The molecule has 1 aliphatic carbocycles.